The molecule has 0 saturated carbocycles. The Bertz CT molecular complexity index is 351. The minimum absolute atomic E-state index is 0.593. The Hall–Kier alpha value is -0.920. The van der Waals surface area contributed by atoms with Crippen LogP contribution in [0.25, 0.3) is 0 Å². The van der Waals surface area contributed by atoms with Gasteiger partial charge in [-0.3, -0.25) is 4.90 Å². The maximum absolute atomic E-state index is 8.63. The highest BCUT2D eigenvalue weighted by Crippen LogP contribution is 2.11. The second-order valence-electron chi connectivity index (χ2n) is 4.39. The van der Waals surface area contributed by atoms with Gasteiger partial charge in [-0.05, 0) is 12.8 Å². The summed E-state index contributed by atoms with van der Waals surface area (Å²) in [6.45, 7) is 9.15. The first-order valence-electron chi connectivity index (χ1n) is 5.62. The molecule has 0 aromatic carbocycles. The number of rotatable bonds is 6. The standard InChI is InChI=1S/C12H19N3S/c1-10(2)7-15(6-4-5-13)8-12-9-16-11(3)14-12/h9-10H,4,6-8H2,1-3H3. The van der Waals surface area contributed by atoms with Crippen molar-refractivity contribution in [3.8, 4) is 6.07 Å². The first-order valence-corrected chi connectivity index (χ1v) is 6.50. The van der Waals surface area contributed by atoms with Gasteiger partial charge in [0, 0.05) is 31.4 Å². The van der Waals surface area contributed by atoms with Crippen molar-refractivity contribution in [2.45, 2.75) is 33.7 Å². The minimum atomic E-state index is 0.593. The first-order chi connectivity index (χ1) is 7.61. The monoisotopic (exact) mass is 237 g/mol. The summed E-state index contributed by atoms with van der Waals surface area (Å²) in [7, 11) is 0. The molecule has 1 aromatic rings. The molecule has 16 heavy (non-hydrogen) atoms. The summed E-state index contributed by atoms with van der Waals surface area (Å²) in [5, 5.41) is 11.8. The SMILES string of the molecule is Cc1nc(CN(CCC#N)CC(C)C)cs1. The van der Waals surface area contributed by atoms with Crippen molar-refractivity contribution in [1.29, 1.82) is 5.26 Å². The zero-order valence-electron chi connectivity index (χ0n) is 10.2. The Morgan fingerprint density at radius 1 is 1.56 bits per heavy atom. The molecular formula is C12H19N3S. The zero-order chi connectivity index (χ0) is 12.0. The van der Waals surface area contributed by atoms with E-state index in [1.807, 2.05) is 6.92 Å². The van der Waals surface area contributed by atoms with Gasteiger partial charge in [0.05, 0.1) is 16.8 Å². The number of nitrogens with zero attached hydrogens (tertiary/aromatic N) is 3. The molecule has 1 aromatic heterocycles. The largest absolute Gasteiger partial charge is 0.296 e. The van der Waals surface area contributed by atoms with E-state index in [1.165, 1.54) is 0 Å². The number of hydrogen-bond donors (Lipinski definition) is 0. The van der Waals surface area contributed by atoms with Crippen LogP contribution in [0.4, 0.5) is 0 Å². The van der Waals surface area contributed by atoms with Gasteiger partial charge in [0.1, 0.15) is 0 Å². The molecule has 4 heteroatoms. The average molecular weight is 237 g/mol. The van der Waals surface area contributed by atoms with E-state index in [4.69, 9.17) is 5.26 Å². The predicted octanol–water partition coefficient (Wildman–Crippen LogP) is 2.82. The third-order valence-electron chi connectivity index (χ3n) is 2.22. The highest BCUT2D eigenvalue weighted by molar-refractivity contribution is 7.09. The van der Waals surface area contributed by atoms with Gasteiger partial charge in [0.2, 0.25) is 0 Å². The summed E-state index contributed by atoms with van der Waals surface area (Å²) in [6, 6.07) is 2.20. The fraction of sp³-hybridized carbons (Fsp3) is 0.667. The van der Waals surface area contributed by atoms with Crippen LogP contribution in [0.3, 0.4) is 0 Å². The fourth-order valence-electron chi connectivity index (χ4n) is 1.67. The van der Waals surface area contributed by atoms with Gasteiger partial charge in [-0.15, -0.1) is 11.3 Å². The number of hydrogen-bond acceptors (Lipinski definition) is 4. The van der Waals surface area contributed by atoms with E-state index < -0.39 is 0 Å². The molecule has 0 unspecified atom stereocenters. The fourth-order valence-corrected chi connectivity index (χ4v) is 2.27. The molecule has 0 spiro atoms. The van der Waals surface area contributed by atoms with Crippen molar-refractivity contribution in [3.05, 3.63) is 16.1 Å². The van der Waals surface area contributed by atoms with Crippen LogP contribution >= 0.6 is 11.3 Å². The lowest BCUT2D eigenvalue weighted by Crippen LogP contribution is -2.28. The molecule has 1 heterocycles. The molecule has 0 fully saturated rings. The molecule has 3 nitrogen and oxygen atoms in total. The molecule has 88 valence electrons. The highest BCUT2D eigenvalue weighted by atomic mass is 32.1. The lowest BCUT2D eigenvalue weighted by atomic mass is 10.2. The molecule has 0 aliphatic rings. The summed E-state index contributed by atoms with van der Waals surface area (Å²) in [5.74, 6) is 0.624. The van der Waals surface area contributed by atoms with Crippen LogP contribution in [0.2, 0.25) is 0 Å². The number of aromatic nitrogens is 1. The van der Waals surface area contributed by atoms with Gasteiger partial charge < -0.3 is 0 Å². The van der Waals surface area contributed by atoms with E-state index >= 15 is 0 Å². The van der Waals surface area contributed by atoms with Gasteiger partial charge in [-0.1, -0.05) is 13.8 Å². The Balaban J connectivity index is 2.52. The molecule has 0 bridgehead atoms. The van der Waals surface area contributed by atoms with Crippen molar-refractivity contribution in [1.82, 2.24) is 9.88 Å². The Morgan fingerprint density at radius 2 is 2.31 bits per heavy atom. The van der Waals surface area contributed by atoms with Gasteiger partial charge >= 0.3 is 0 Å². The van der Waals surface area contributed by atoms with Crippen LogP contribution in [0.1, 0.15) is 31.0 Å². The van der Waals surface area contributed by atoms with Gasteiger partial charge in [-0.2, -0.15) is 5.26 Å². The molecule has 1 rings (SSSR count). The highest BCUT2D eigenvalue weighted by Gasteiger charge is 2.09. The molecule has 0 atom stereocenters. The minimum Gasteiger partial charge on any atom is -0.296 e. The summed E-state index contributed by atoms with van der Waals surface area (Å²) in [4.78, 5) is 6.77. The number of aryl methyl sites for hydroxylation is 1. The topological polar surface area (TPSA) is 39.9 Å². The molecule has 0 saturated heterocycles. The van der Waals surface area contributed by atoms with Crippen molar-refractivity contribution in [2.75, 3.05) is 13.1 Å². The van der Waals surface area contributed by atoms with Crippen molar-refractivity contribution in [3.63, 3.8) is 0 Å². The van der Waals surface area contributed by atoms with Crippen LogP contribution in [-0.4, -0.2) is 23.0 Å². The van der Waals surface area contributed by atoms with E-state index in [1.54, 1.807) is 11.3 Å². The van der Waals surface area contributed by atoms with E-state index in [2.05, 4.69) is 35.2 Å². The Morgan fingerprint density at radius 3 is 2.81 bits per heavy atom. The third-order valence-corrected chi connectivity index (χ3v) is 3.04. The second-order valence-corrected chi connectivity index (χ2v) is 5.46. The van der Waals surface area contributed by atoms with Gasteiger partial charge in [0.25, 0.3) is 0 Å². The van der Waals surface area contributed by atoms with Gasteiger partial charge in [-0.25, -0.2) is 4.98 Å². The quantitative estimate of drug-likeness (QED) is 0.764. The number of nitriles is 1. The summed E-state index contributed by atoms with van der Waals surface area (Å²) >= 11 is 1.69. The van der Waals surface area contributed by atoms with E-state index in [-0.39, 0.29) is 0 Å². The molecule has 0 aliphatic carbocycles. The molecule has 0 amide bonds. The second kappa shape index (κ2) is 6.62. The zero-order valence-corrected chi connectivity index (χ0v) is 11.0. The van der Waals surface area contributed by atoms with E-state index in [9.17, 15) is 0 Å². The maximum Gasteiger partial charge on any atom is 0.0897 e. The normalized spacial score (nSPS) is 11.0. The van der Waals surface area contributed by atoms with Crippen LogP contribution in [0, 0.1) is 24.2 Å². The summed E-state index contributed by atoms with van der Waals surface area (Å²) in [6.07, 6.45) is 0.593. The summed E-state index contributed by atoms with van der Waals surface area (Å²) in [5.41, 5.74) is 1.13. The van der Waals surface area contributed by atoms with E-state index in [0.717, 1.165) is 30.3 Å². The van der Waals surface area contributed by atoms with Crippen molar-refractivity contribution in [2.24, 2.45) is 5.92 Å². The van der Waals surface area contributed by atoms with Gasteiger partial charge in [0.15, 0.2) is 0 Å². The Labute approximate surface area is 102 Å². The van der Waals surface area contributed by atoms with Crippen LogP contribution < -0.4 is 0 Å². The smallest absolute Gasteiger partial charge is 0.0897 e. The first kappa shape index (κ1) is 13.1. The lowest BCUT2D eigenvalue weighted by Gasteiger charge is -2.22. The molecule has 0 aliphatic heterocycles. The predicted molar refractivity (Wildman–Crippen MR) is 67.2 cm³/mol. The van der Waals surface area contributed by atoms with Crippen LogP contribution in [-0.2, 0) is 6.54 Å². The maximum atomic E-state index is 8.63. The molecular weight excluding hydrogens is 218 g/mol. The molecule has 0 N–H and O–H groups in total. The third kappa shape index (κ3) is 4.73. The lowest BCUT2D eigenvalue weighted by molar-refractivity contribution is 0.239. The Kier molecular flexibility index (Phi) is 5.44. The summed E-state index contributed by atoms with van der Waals surface area (Å²) < 4.78 is 0. The van der Waals surface area contributed by atoms with Crippen LogP contribution in [0.5, 0.6) is 0 Å². The average Bonchev–Trinajstić information content (AvgIpc) is 2.59. The molecule has 0 radical (unpaired) electrons. The van der Waals surface area contributed by atoms with Crippen LogP contribution in [0.15, 0.2) is 5.38 Å². The van der Waals surface area contributed by atoms with E-state index in [0.29, 0.717) is 12.3 Å². The number of thiazole rings is 1. The van der Waals surface area contributed by atoms with Crippen molar-refractivity contribution < 1.29 is 0 Å². The van der Waals surface area contributed by atoms with Crippen molar-refractivity contribution >= 4 is 11.3 Å².